The van der Waals surface area contributed by atoms with E-state index in [0.29, 0.717) is 6.54 Å². The highest BCUT2D eigenvalue weighted by molar-refractivity contribution is 5.71. The Bertz CT molecular complexity index is 111. The number of primary amides is 1. The predicted molar refractivity (Wildman–Crippen MR) is 34.2 cm³/mol. The zero-order chi connectivity index (χ0) is 7.11. The zero-order valence-electron chi connectivity index (χ0n) is 5.50. The van der Waals surface area contributed by atoms with Crippen molar-refractivity contribution in [1.82, 2.24) is 0 Å². The summed E-state index contributed by atoms with van der Waals surface area (Å²) >= 11 is 0. The summed E-state index contributed by atoms with van der Waals surface area (Å²) in [6, 6.07) is -0.717. The van der Waals surface area contributed by atoms with E-state index in [4.69, 9.17) is 0 Å². The molecule has 0 saturated heterocycles. The van der Waals surface area contributed by atoms with E-state index in [1.54, 1.807) is 0 Å². The molecule has 0 aromatic rings. The van der Waals surface area contributed by atoms with Crippen LogP contribution in [-0.4, -0.2) is 12.6 Å². The number of carbonyl (C=O) groups is 1. The van der Waals surface area contributed by atoms with Gasteiger partial charge in [0.25, 0.3) is 0 Å². The highest BCUT2D eigenvalue weighted by Gasteiger charge is 1.82. The van der Waals surface area contributed by atoms with Crippen molar-refractivity contribution in [2.75, 3.05) is 6.54 Å². The Hall–Kier alpha value is -0.930. The van der Waals surface area contributed by atoms with Gasteiger partial charge in [-0.1, -0.05) is 18.5 Å². The fourth-order valence-corrected chi connectivity index (χ4v) is 0.349. The summed E-state index contributed by atoms with van der Waals surface area (Å²) in [6.07, 6.45) is 2.01. The molecule has 9 heavy (non-hydrogen) atoms. The number of amides is 2. The lowest BCUT2D eigenvalue weighted by atomic mass is 10.3. The van der Waals surface area contributed by atoms with Gasteiger partial charge in [0.2, 0.25) is 0 Å². The Morgan fingerprint density at radius 1 is 1.67 bits per heavy atom. The molecule has 52 valence electrons. The van der Waals surface area contributed by atoms with Gasteiger partial charge in [0, 0.05) is 0 Å². The summed E-state index contributed by atoms with van der Waals surface area (Å²) < 4.78 is 0. The van der Waals surface area contributed by atoms with E-state index in [1.165, 1.54) is 0 Å². The maximum atomic E-state index is 9.92. The fourth-order valence-electron chi connectivity index (χ4n) is 0.349. The Labute approximate surface area is 54.1 Å². The van der Waals surface area contributed by atoms with Gasteiger partial charge in [-0.25, -0.2) is 4.79 Å². The van der Waals surface area contributed by atoms with Crippen molar-refractivity contribution in [1.29, 1.82) is 0 Å². The molecule has 0 aromatic carbocycles. The topological polar surface area (TPSA) is 67.8 Å². The lowest BCUT2D eigenvalue weighted by molar-refractivity contribution is 0.255. The lowest BCUT2D eigenvalue weighted by Gasteiger charge is -1.84. The van der Waals surface area contributed by atoms with Gasteiger partial charge in [-0.3, -0.25) is 0 Å². The van der Waals surface area contributed by atoms with Gasteiger partial charge in [-0.05, 0) is 6.42 Å². The van der Waals surface area contributed by atoms with Crippen LogP contribution in [0.2, 0.25) is 0 Å². The normalized spacial score (nSPS) is 10.3. The molecule has 0 rings (SSSR count). The number of urea groups is 1. The molecule has 0 unspecified atom stereocenters. The van der Waals surface area contributed by atoms with Crippen molar-refractivity contribution >= 4 is 6.03 Å². The molecule has 4 nitrogen and oxygen atoms in total. The van der Waals surface area contributed by atoms with E-state index >= 15 is 0 Å². The number of hydrogen-bond donors (Lipinski definition) is 1. The maximum Gasteiger partial charge on any atom is 0.356 e. The van der Waals surface area contributed by atoms with E-state index < -0.39 is 6.03 Å². The van der Waals surface area contributed by atoms with E-state index in [-0.39, 0.29) is 0 Å². The van der Waals surface area contributed by atoms with Gasteiger partial charge in [0.05, 0.1) is 6.54 Å². The van der Waals surface area contributed by atoms with Gasteiger partial charge < -0.3 is 5.73 Å². The van der Waals surface area contributed by atoms with Crippen LogP contribution in [0.4, 0.5) is 4.79 Å². The van der Waals surface area contributed by atoms with E-state index in [2.05, 4.69) is 16.0 Å². The van der Waals surface area contributed by atoms with Crippen molar-refractivity contribution in [3.63, 3.8) is 0 Å². The minimum atomic E-state index is -0.717. The van der Waals surface area contributed by atoms with Crippen LogP contribution in [0.25, 0.3) is 0 Å². The van der Waals surface area contributed by atoms with Crippen LogP contribution in [0.5, 0.6) is 0 Å². The second-order valence-electron chi connectivity index (χ2n) is 1.66. The number of nitrogens with zero attached hydrogens (tertiary/aromatic N) is 2. The minimum absolute atomic E-state index is 0.597. The quantitative estimate of drug-likeness (QED) is 0.453. The molecule has 0 fully saturated rings. The first-order valence-electron chi connectivity index (χ1n) is 2.94. The molecule has 0 aromatic heterocycles. The third-order valence-electron chi connectivity index (χ3n) is 0.781. The average molecular weight is 129 g/mol. The smallest absolute Gasteiger partial charge is 0.348 e. The molecular formula is C5H11N3O. The van der Waals surface area contributed by atoms with Gasteiger partial charge in [0.1, 0.15) is 0 Å². The van der Waals surface area contributed by atoms with Crippen LogP contribution in [0.1, 0.15) is 19.8 Å². The van der Waals surface area contributed by atoms with Gasteiger partial charge in [-0.15, -0.1) is 0 Å². The summed E-state index contributed by atoms with van der Waals surface area (Å²) in [5.74, 6) is 0. The van der Waals surface area contributed by atoms with Crippen molar-refractivity contribution in [3.05, 3.63) is 0 Å². The number of nitrogens with two attached hydrogens (primary N) is 1. The number of carbonyl (C=O) groups excluding carboxylic acids is 1. The van der Waals surface area contributed by atoms with Crippen LogP contribution in [0.3, 0.4) is 0 Å². The number of unbranched alkanes of at least 4 members (excludes halogenated alkanes) is 1. The third-order valence-corrected chi connectivity index (χ3v) is 0.781. The van der Waals surface area contributed by atoms with Crippen LogP contribution >= 0.6 is 0 Å². The third kappa shape index (κ3) is 7.07. The molecule has 0 aliphatic heterocycles. The summed E-state index contributed by atoms with van der Waals surface area (Å²) in [5.41, 5.74) is 4.68. The molecular weight excluding hydrogens is 118 g/mol. The molecule has 0 spiro atoms. The number of azo groups is 1. The highest BCUT2D eigenvalue weighted by Crippen LogP contribution is 1.86. The Balaban J connectivity index is 3.15. The molecule has 0 saturated carbocycles. The second kappa shape index (κ2) is 5.21. The number of hydrogen-bond acceptors (Lipinski definition) is 2. The Morgan fingerprint density at radius 2 is 2.33 bits per heavy atom. The molecule has 0 heterocycles. The van der Waals surface area contributed by atoms with E-state index in [1.807, 2.05) is 6.92 Å². The van der Waals surface area contributed by atoms with Crippen LogP contribution in [0.15, 0.2) is 10.2 Å². The first kappa shape index (κ1) is 8.07. The lowest BCUT2D eigenvalue weighted by Crippen LogP contribution is -2.02. The molecule has 0 aliphatic carbocycles. The second-order valence-corrected chi connectivity index (χ2v) is 1.66. The fraction of sp³-hybridized carbons (Fsp3) is 0.800. The maximum absolute atomic E-state index is 9.92. The molecule has 4 heteroatoms. The molecule has 2 N–H and O–H groups in total. The van der Waals surface area contributed by atoms with Crippen LogP contribution in [0, 0.1) is 0 Å². The first-order chi connectivity index (χ1) is 4.27. The summed E-state index contributed by atoms with van der Waals surface area (Å²) in [7, 11) is 0. The van der Waals surface area contributed by atoms with Crippen LogP contribution in [-0.2, 0) is 0 Å². The molecule has 0 radical (unpaired) electrons. The predicted octanol–water partition coefficient (Wildman–Crippen LogP) is 1.32. The summed E-state index contributed by atoms with van der Waals surface area (Å²) in [4.78, 5) is 9.92. The van der Waals surface area contributed by atoms with Gasteiger partial charge in [-0.2, -0.15) is 5.11 Å². The largest absolute Gasteiger partial charge is 0.356 e. The number of rotatable bonds is 3. The van der Waals surface area contributed by atoms with Gasteiger partial charge in [0.15, 0.2) is 0 Å². The standard InChI is InChI=1S/C5H11N3O/c1-2-3-4-7-8-5(6)9/h2-4H2,1H3,(H2,6,9)/b8-7+. The van der Waals surface area contributed by atoms with Crippen molar-refractivity contribution in [2.45, 2.75) is 19.8 Å². The Kier molecular flexibility index (Phi) is 4.67. The first-order valence-corrected chi connectivity index (χ1v) is 2.94. The summed E-state index contributed by atoms with van der Waals surface area (Å²) in [6.45, 7) is 2.64. The minimum Gasteiger partial charge on any atom is -0.348 e. The molecule has 0 aliphatic rings. The van der Waals surface area contributed by atoms with Crippen molar-refractivity contribution < 1.29 is 4.79 Å². The molecule has 0 bridgehead atoms. The molecule has 2 amide bonds. The van der Waals surface area contributed by atoms with Crippen LogP contribution < -0.4 is 5.73 Å². The van der Waals surface area contributed by atoms with Gasteiger partial charge >= 0.3 is 6.03 Å². The van der Waals surface area contributed by atoms with E-state index in [9.17, 15) is 4.79 Å². The van der Waals surface area contributed by atoms with E-state index in [0.717, 1.165) is 12.8 Å². The zero-order valence-corrected chi connectivity index (χ0v) is 5.50. The Morgan fingerprint density at radius 3 is 2.78 bits per heavy atom. The monoisotopic (exact) mass is 129 g/mol. The molecule has 0 atom stereocenters. The van der Waals surface area contributed by atoms with Crippen molar-refractivity contribution in [2.24, 2.45) is 16.0 Å². The average Bonchev–Trinajstić information content (AvgIpc) is 1.80. The SMILES string of the molecule is CCCC/N=N/C(N)=O. The summed E-state index contributed by atoms with van der Waals surface area (Å²) in [5, 5.41) is 6.64. The van der Waals surface area contributed by atoms with Crippen molar-refractivity contribution in [3.8, 4) is 0 Å². The highest BCUT2D eigenvalue weighted by atomic mass is 16.2.